The number of carbonyl (C=O) groups is 1. The van der Waals surface area contributed by atoms with Gasteiger partial charge in [0.05, 0.1) is 11.8 Å². The molecule has 0 fully saturated rings. The molecule has 0 aromatic carbocycles. The van der Waals surface area contributed by atoms with E-state index < -0.39 is 40.7 Å². The molecule has 0 bridgehead atoms. The monoisotopic (exact) mass is 240 g/mol. The Morgan fingerprint density at radius 1 is 1.60 bits per heavy atom. The van der Waals surface area contributed by atoms with Crippen LogP contribution in [0.1, 0.15) is 23.0 Å². The zero-order valence-corrected chi connectivity index (χ0v) is 9.54. The van der Waals surface area contributed by atoms with Gasteiger partial charge in [-0.2, -0.15) is 8.42 Å². The molecule has 0 aliphatic rings. The van der Waals surface area contributed by atoms with Crippen molar-refractivity contribution in [1.82, 2.24) is 5.32 Å². The maximum Gasteiger partial charge on any atom is 0.264 e. The molecule has 7 heteroatoms. The van der Waals surface area contributed by atoms with E-state index in [0.29, 0.717) is 0 Å². The number of hydrogen-bond donors (Lipinski definition) is 3. The highest BCUT2D eigenvalue weighted by molar-refractivity contribution is 7.85. The van der Waals surface area contributed by atoms with Gasteiger partial charge >= 0.3 is 0 Å². The van der Waals surface area contributed by atoms with Crippen molar-refractivity contribution in [3.63, 3.8) is 0 Å². The lowest BCUT2D eigenvalue weighted by molar-refractivity contribution is -0.123. The summed E-state index contributed by atoms with van der Waals surface area (Å²) in [6.45, 7) is 1.19. The smallest absolute Gasteiger partial charge is 0.264 e. The van der Waals surface area contributed by atoms with E-state index in [1.807, 2.05) is 5.32 Å². The molecule has 0 rings (SSSR count). The average Bonchev–Trinajstić information content (AvgIpc) is 2.12. The molecule has 0 aliphatic heterocycles. The van der Waals surface area contributed by atoms with Crippen LogP contribution >= 0.6 is 0 Å². The molecule has 15 heavy (non-hydrogen) atoms. The second-order valence-electron chi connectivity index (χ2n) is 3.47. The maximum absolute atomic E-state index is 11.4. The lowest BCUT2D eigenvalue weighted by Gasteiger charge is -2.14. The standard InChI is InChI=1S/C8H18N2O4S/c1-6(2)7(9)8(11)10-4-3-5-15(12,13)14/h6-7H,3-5,9H2,1-2H3,(H,10,11)(H,12,13,14)/i4D2. The van der Waals surface area contributed by atoms with Gasteiger partial charge in [-0.1, -0.05) is 13.8 Å². The van der Waals surface area contributed by atoms with Gasteiger partial charge < -0.3 is 11.1 Å². The highest BCUT2D eigenvalue weighted by Crippen LogP contribution is 1.97. The van der Waals surface area contributed by atoms with Crippen molar-refractivity contribution in [2.45, 2.75) is 26.3 Å². The largest absolute Gasteiger partial charge is 0.355 e. The molecule has 1 unspecified atom stereocenters. The van der Waals surface area contributed by atoms with Crippen LogP contribution in [0.15, 0.2) is 0 Å². The van der Waals surface area contributed by atoms with Gasteiger partial charge in [0.15, 0.2) is 0 Å². The summed E-state index contributed by atoms with van der Waals surface area (Å²) in [6.07, 6.45) is -0.539. The van der Waals surface area contributed by atoms with Gasteiger partial charge in [-0.3, -0.25) is 9.35 Å². The van der Waals surface area contributed by atoms with Crippen molar-refractivity contribution >= 4 is 16.0 Å². The summed E-state index contributed by atoms with van der Waals surface area (Å²) < 4.78 is 44.1. The number of amides is 1. The Bertz CT molecular complexity index is 370. The molecule has 1 atom stereocenters. The first-order chi connectivity index (χ1) is 7.44. The van der Waals surface area contributed by atoms with Gasteiger partial charge in [0.1, 0.15) is 0 Å². The topological polar surface area (TPSA) is 109 Å². The fraction of sp³-hybridized carbons (Fsp3) is 0.875. The molecule has 6 nitrogen and oxygen atoms in total. The third-order valence-corrected chi connectivity index (χ3v) is 2.44. The van der Waals surface area contributed by atoms with Gasteiger partial charge in [0.25, 0.3) is 10.1 Å². The Labute approximate surface area is 92.8 Å². The van der Waals surface area contributed by atoms with E-state index >= 15 is 0 Å². The number of nitrogens with two attached hydrogens (primary N) is 1. The van der Waals surface area contributed by atoms with E-state index in [0.717, 1.165) is 0 Å². The SMILES string of the molecule is [2H]C([2H])(CCS(=O)(=O)O)NC(=O)C(N)C(C)C. The predicted molar refractivity (Wildman–Crippen MR) is 56.9 cm³/mol. The third kappa shape index (κ3) is 7.29. The zero-order valence-electron chi connectivity index (χ0n) is 10.7. The summed E-state index contributed by atoms with van der Waals surface area (Å²) in [5, 5.41) is 2.00. The van der Waals surface area contributed by atoms with E-state index in [1.165, 1.54) is 0 Å². The highest BCUT2D eigenvalue weighted by atomic mass is 32.2. The van der Waals surface area contributed by atoms with Crippen LogP contribution in [0.4, 0.5) is 0 Å². The molecule has 0 saturated heterocycles. The summed E-state index contributed by atoms with van der Waals surface area (Å²) in [6, 6.07) is -0.865. The van der Waals surface area contributed by atoms with Crippen LogP contribution in [0.25, 0.3) is 0 Å². The van der Waals surface area contributed by atoms with Crippen molar-refractivity contribution < 1.29 is 20.5 Å². The van der Waals surface area contributed by atoms with Crippen LogP contribution in [0.2, 0.25) is 0 Å². The molecular formula is C8H18N2O4S. The third-order valence-electron chi connectivity index (χ3n) is 1.72. The number of nitrogens with one attached hydrogen (secondary N) is 1. The Kier molecular flexibility index (Phi) is 4.37. The van der Waals surface area contributed by atoms with Crippen LogP contribution in [0.3, 0.4) is 0 Å². The highest BCUT2D eigenvalue weighted by Gasteiger charge is 2.16. The maximum atomic E-state index is 11.4. The number of rotatable bonds is 6. The summed E-state index contributed by atoms with van der Waals surface area (Å²) >= 11 is 0. The van der Waals surface area contributed by atoms with Crippen LogP contribution < -0.4 is 11.1 Å². The van der Waals surface area contributed by atoms with Crippen molar-refractivity contribution in [3.05, 3.63) is 0 Å². The summed E-state index contributed by atoms with van der Waals surface area (Å²) in [4.78, 5) is 11.4. The second-order valence-corrected chi connectivity index (χ2v) is 5.04. The van der Waals surface area contributed by atoms with Gasteiger partial charge in [-0.15, -0.1) is 0 Å². The van der Waals surface area contributed by atoms with E-state index in [-0.39, 0.29) is 5.92 Å². The minimum Gasteiger partial charge on any atom is -0.355 e. The zero-order chi connectivity index (χ0) is 13.9. The van der Waals surface area contributed by atoms with Crippen molar-refractivity contribution in [1.29, 1.82) is 0 Å². The molecule has 0 spiro atoms. The Hall–Kier alpha value is -0.660. The summed E-state index contributed by atoms with van der Waals surface area (Å²) in [7, 11) is -4.25. The first-order valence-electron chi connectivity index (χ1n) is 5.47. The van der Waals surface area contributed by atoms with Crippen LogP contribution in [-0.2, 0) is 14.9 Å². The Morgan fingerprint density at radius 2 is 2.13 bits per heavy atom. The van der Waals surface area contributed by atoms with Crippen LogP contribution in [0, 0.1) is 5.92 Å². The minimum absolute atomic E-state index is 0.160. The van der Waals surface area contributed by atoms with E-state index in [4.69, 9.17) is 13.0 Å². The lowest BCUT2D eigenvalue weighted by Crippen LogP contribution is -2.44. The van der Waals surface area contributed by atoms with Gasteiger partial charge in [0, 0.05) is 9.24 Å². The molecular weight excluding hydrogens is 220 g/mol. The predicted octanol–water partition coefficient (Wildman–Crippen LogP) is -0.636. The summed E-state index contributed by atoms with van der Waals surface area (Å²) in [5.41, 5.74) is 5.50. The molecule has 0 aliphatic carbocycles. The molecule has 0 radical (unpaired) electrons. The average molecular weight is 240 g/mol. The normalized spacial score (nSPS) is 16.9. The Morgan fingerprint density at radius 3 is 2.53 bits per heavy atom. The molecule has 0 saturated carbocycles. The van der Waals surface area contributed by atoms with Crippen molar-refractivity contribution in [2.75, 3.05) is 12.2 Å². The molecule has 1 amide bonds. The number of carbonyl (C=O) groups excluding carboxylic acids is 1. The van der Waals surface area contributed by atoms with E-state index in [1.54, 1.807) is 13.8 Å². The van der Waals surface area contributed by atoms with Gasteiger partial charge in [-0.05, 0) is 12.3 Å². The minimum atomic E-state index is -4.25. The van der Waals surface area contributed by atoms with Gasteiger partial charge in [0.2, 0.25) is 5.91 Å². The number of hydrogen-bond acceptors (Lipinski definition) is 4. The van der Waals surface area contributed by atoms with Crippen LogP contribution in [-0.4, -0.2) is 37.2 Å². The Balaban J connectivity index is 4.40. The molecule has 0 aromatic rings. The fourth-order valence-corrected chi connectivity index (χ4v) is 1.08. The first-order valence-corrected chi connectivity index (χ1v) is 6.08. The molecule has 90 valence electrons. The lowest BCUT2D eigenvalue weighted by atomic mass is 10.1. The molecule has 0 heterocycles. The van der Waals surface area contributed by atoms with Crippen molar-refractivity contribution in [2.24, 2.45) is 11.7 Å². The molecule has 4 N–H and O–H groups in total. The fourth-order valence-electron chi connectivity index (χ4n) is 0.716. The van der Waals surface area contributed by atoms with Crippen molar-refractivity contribution in [3.8, 4) is 0 Å². The van der Waals surface area contributed by atoms with E-state index in [2.05, 4.69) is 0 Å². The van der Waals surface area contributed by atoms with Gasteiger partial charge in [-0.25, -0.2) is 0 Å². The molecule has 0 aromatic heterocycles. The first kappa shape index (κ1) is 10.8. The quantitative estimate of drug-likeness (QED) is 0.535. The summed E-state index contributed by atoms with van der Waals surface area (Å²) in [5.74, 6) is -1.62. The second kappa shape index (κ2) is 6.04. The van der Waals surface area contributed by atoms with Crippen LogP contribution in [0.5, 0.6) is 0 Å². The van der Waals surface area contributed by atoms with E-state index in [9.17, 15) is 13.2 Å².